The van der Waals surface area contributed by atoms with Gasteiger partial charge in [-0.15, -0.1) is 0 Å². The Bertz CT molecular complexity index is 920. The van der Waals surface area contributed by atoms with Crippen molar-refractivity contribution in [3.63, 3.8) is 0 Å². The van der Waals surface area contributed by atoms with Gasteiger partial charge < -0.3 is 19.3 Å². The first-order valence-electron chi connectivity index (χ1n) is 11.2. The van der Waals surface area contributed by atoms with Gasteiger partial charge in [0.05, 0.1) is 12.7 Å². The molecule has 2 aliphatic heterocycles. The summed E-state index contributed by atoms with van der Waals surface area (Å²) in [6, 6.07) is 8.32. The van der Waals surface area contributed by atoms with E-state index in [1.165, 1.54) is 6.20 Å². The number of carbonyl (C=O) groups is 1. The van der Waals surface area contributed by atoms with Crippen LogP contribution in [0.2, 0.25) is 0 Å². The maximum atomic E-state index is 14.5. The maximum absolute atomic E-state index is 14.5. The molecule has 0 N–H and O–H groups in total. The second kappa shape index (κ2) is 9.20. The standard InChI is InChI=1S/C24H31FN4O2/c1-16(13-18(3)30)19-6-8-20(9-7-19)31-21-10-12-28(15-21)23-22(25)14-26-24(27-23)29-11-4-5-17(29)2/h6-9,14,16-17,21H,4-5,10-13,15H2,1-3H3/t16-,17?,21-/m1/s1. The van der Waals surface area contributed by atoms with Gasteiger partial charge in [-0.3, -0.25) is 0 Å². The monoisotopic (exact) mass is 426 g/mol. The van der Waals surface area contributed by atoms with Gasteiger partial charge in [0.1, 0.15) is 17.6 Å². The highest BCUT2D eigenvalue weighted by Gasteiger charge is 2.29. The van der Waals surface area contributed by atoms with Gasteiger partial charge in [-0.05, 0) is 50.3 Å². The van der Waals surface area contributed by atoms with E-state index in [1.54, 1.807) is 6.92 Å². The molecule has 0 amide bonds. The van der Waals surface area contributed by atoms with Crippen molar-refractivity contribution < 1.29 is 13.9 Å². The van der Waals surface area contributed by atoms with E-state index in [0.717, 1.165) is 37.1 Å². The highest BCUT2D eigenvalue weighted by Crippen LogP contribution is 2.29. The van der Waals surface area contributed by atoms with E-state index < -0.39 is 0 Å². The zero-order chi connectivity index (χ0) is 22.0. The number of hydrogen-bond donors (Lipinski definition) is 0. The number of anilines is 2. The summed E-state index contributed by atoms with van der Waals surface area (Å²) in [7, 11) is 0. The Morgan fingerprint density at radius 1 is 1.26 bits per heavy atom. The minimum absolute atomic E-state index is 0.0241. The molecule has 2 saturated heterocycles. The lowest BCUT2D eigenvalue weighted by Crippen LogP contribution is -2.30. The largest absolute Gasteiger partial charge is 0.489 e. The first kappa shape index (κ1) is 21.5. The van der Waals surface area contributed by atoms with Crippen LogP contribution in [0.15, 0.2) is 30.5 Å². The molecule has 2 aliphatic rings. The molecule has 2 aromatic rings. The fraction of sp³-hybridized carbons (Fsp3) is 0.542. The van der Waals surface area contributed by atoms with Gasteiger partial charge in [0.15, 0.2) is 11.6 Å². The molecule has 166 valence electrons. The molecule has 7 heteroatoms. The van der Waals surface area contributed by atoms with Crippen molar-refractivity contribution in [3.05, 3.63) is 41.8 Å². The molecule has 1 aromatic carbocycles. The van der Waals surface area contributed by atoms with Gasteiger partial charge in [0.2, 0.25) is 5.95 Å². The number of nitrogens with zero attached hydrogens (tertiary/aromatic N) is 4. The van der Waals surface area contributed by atoms with E-state index >= 15 is 0 Å². The number of rotatable bonds is 7. The Kier molecular flexibility index (Phi) is 6.39. The summed E-state index contributed by atoms with van der Waals surface area (Å²) >= 11 is 0. The van der Waals surface area contributed by atoms with Crippen LogP contribution in [0.1, 0.15) is 57.9 Å². The first-order chi connectivity index (χ1) is 14.9. The summed E-state index contributed by atoms with van der Waals surface area (Å²) in [6.45, 7) is 8.03. The van der Waals surface area contributed by atoms with Gasteiger partial charge in [-0.2, -0.15) is 4.98 Å². The zero-order valence-corrected chi connectivity index (χ0v) is 18.6. The number of carbonyl (C=O) groups excluding carboxylic acids is 1. The van der Waals surface area contributed by atoms with Gasteiger partial charge in [-0.1, -0.05) is 19.1 Å². The molecule has 0 spiro atoms. The molecule has 0 aliphatic carbocycles. The molecule has 0 bridgehead atoms. The highest BCUT2D eigenvalue weighted by atomic mass is 19.1. The fourth-order valence-electron chi connectivity index (χ4n) is 4.57. The number of halogens is 1. The number of ketones is 1. The van der Waals surface area contributed by atoms with Crippen LogP contribution in [0.4, 0.5) is 16.2 Å². The van der Waals surface area contributed by atoms with E-state index in [2.05, 4.69) is 28.7 Å². The quantitative estimate of drug-likeness (QED) is 0.656. The van der Waals surface area contributed by atoms with Crippen LogP contribution >= 0.6 is 0 Å². The van der Waals surface area contributed by atoms with Crippen LogP contribution in [-0.2, 0) is 4.79 Å². The summed E-state index contributed by atoms with van der Waals surface area (Å²) in [5, 5.41) is 0. The maximum Gasteiger partial charge on any atom is 0.227 e. The molecule has 3 atom stereocenters. The third-order valence-corrected chi connectivity index (χ3v) is 6.31. The van der Waals surface area contributed by atoms with E-state index in [1.807, 2.05) is 29.2 Å². The summed E-state index contributed by atoms with van der Waals surface area (Å²) in [6.07, 6.45) is 4.84. The van der Waals surface area contributed by atoms with Gasteiger partial charge in [0.25, 0.3) is 0 Å². The predicted molar refractivity (Wildman–Crippen MR) is 119 cm³/mol. The van der Waals surface area contributed by atoms with Crippen molar-refractivity contribution >= 4 is 17.5 Å². The number of benzene rings is 1. The Hall–Kier alpha value is -2.70. The van der Waals surface area contributed by atoms with Crippen LogP contribution in [-0.4, -0.2) is 47.5 Å². The van der Waals surface area contributed by atoms with Gasteiger partial charge in [0, 0.05) is 32.0 Å². The number of hydrogen-bond acceptors (Lipinski definition) is 6. The van der Waals surface area contributed by atoms with Gasteiger partial charge in [-0.25, -0.2) is 9.37 Å². The average Bonchev–Trinajstić information content (AvgIpc) is 3.37. The van der Waals surface area contributed by atoms with Crippen LogP contribution in [0.25, 0.3) is 0 Å². The Morgan fingerprint density at radius 3 is 2.71 bits per heavy atom. The molecule has 1 unspecified atom stereocenters. The van der Waals surface area contributed by atoms with E-state index in [9.17, 15) is 9.18 Å². The lowest BCUT2D eigenvalue weighted by molar-refractivity contribution is -0.117. The summed E-state index contributed by atoms with van der Waals surface area (Å²) in [5.74, 6) is 1.77. The molecule has 0 radical (unpaired) electrons. The smallest absolute Gasteiger partial charge is 0.227 e. The Morgan fingerprint density at radius 2 is 2.03 bits per heavy atom. The third-order valence-electron chi connectivity index (χ3n) is 6.31. The van der Waals surface area contributed by atoms with Crippen molar-refractivity contribution in [2.24, 2.45) is 0 Å². The van der Waals surface area contributed by atoms with Crippen LogP contribution in [0.5, 0.6) is 5.75 Å². The first-order valence-corrected chi connectivity index (χ1v) is 11.2. The molecule has 0 saturated carbocycles. The van der Waals surface area contributed by atoms with E-state index in [4.69, 9.17) is 4.74 Å². The zero-order valence-electron chi connectivity index (χ0n) is 18.6. The molecule has 4 rings (SSSR count). The third kappa shape index (κ3) is 4.97. The number of aromatic nitrogens is 2. The minimum Gasteiger partial charge on any atom is -0.489 e. The molecule has 2 fully saturated rings. The van der Waals surface area contributed by atoms with E-state index in [-0.39, 0.29) is 23.6 Å². The summed E-state index contributed by atoms with van der Waals surface area (Å²) in [4.78, 5) is 24.2. The molecule has 1 aromatic heterocycles. The van der Waals surface area contributed by atoms with Crippen molar-refractivity contribution in [2.45, 2.75) is 64.5 Å². The van der Waals surface area contributed by atoms with Crippen LogP contribution in [0, 0.1) is 5.82 Å². The summed E-state index contributed by atoms with van der Waals surface area (Å²) in [5.41, 5.74) is 1.13. The molecular formula is C24H31FN4O2. The van der Waals surface area contributed by atoms with Crippen LogP contribution < -0.4 is 14.5 Å². The molecular weight excluding hydrogens is 395 g/mol. The fourth-order valence-corrected chi connectivity index (χ4v) is 4.57. The second-order valence-electron chi connectivity index (χ2n) is 8.88. The highest BCUT2D eigenvalue weighted by molar-refractivity contribution is 5.76. The number of Topliss-reactive ketones (excluding diaryl/α,β-unsaturated/α-hetero) is 1. The van der Waals surface area contributed by atoms with Crippen molar-refractivity contribution in [1.29, 1.82) is 0 Å². The minimum atomic E-state index is -0.389. The van der Waals surface area contributed by atoms with Crippen LogP contribution in [0.3, 0.4) is 0 Å². The van der Waals surface area contributed by atoms with Crippen molar-refractivity contribution in [3.8, 4) is 5.75 Å². The molecule has 6 nitrogen and oxygen atoms in total. The Labute approximate surface area is 183 Å². The lowest BCUT2D eigenvalue weighted by atomic mass is 9.96. The normalized spacial score (nSPS) is 22.1. The Balaban J connectivity index is 1.39. The predicted octanol–water partition coefficient (Wildman–Crippen LogP) is 4.34. The lowest BCUT2D eigenvalue weighted by Gasteiger charge is -2.24. The SMILES string of the molecule is CC(=O)C[C@@H](C)c1ccc(O[C@@H]2CCN(c3nc(N4CCCC4C)ncc3F)C2)cc1. The van der Waals surface area contributed by atoms with Crippen molar-refractivity contribution in [1.82, 2.24) is 9.97 Å². The summed E-state index contributed by atoms with van der Waals surface area (Å²) < 4.78 is 20.7. The topological polar surface area (TPSA) is 58.6 Å². The molecule has 3 heterocycles. The molecule has 31 heavy (non-hydrogen) atoms. The second-order valence-corrected chi connectivity index (χ2v) is 8.88. The van der Waals surface area contributed by atoms with Gasteiger partial charge >= 0.3 is 0 Å². The van der Waals surface area contributed by atoms with Crippen molar-refractivity contribution in [2.75, 3.05) is 29.4 Å². The van der Waals surface area contributed by atoms with E-state index in [0.29, 0.717) is 37.3 Å². The number of ether oxygens (including phenoxy) is 1. The average molecular weight is 427 g/mol.